The highest BCUT2D eigenvalue weighted by Gasteiger charge is 2.23. The molecule has 1 fully saturated rings. The Morgan fingerprint density at radius 3 is 3.05 bits per heavy atom. The van der Waals surface area contributed by atoms with E-state index < -0.39 is 0 Å². The van der Waals surface area contributed by atoms with Crippen molar-refractivity contribution in [3.05, 3.63) is 40.9 Å². The molecule has 0 aromatic heterocycles. The second kappa shape index (κ2) is 6.76. The number of nitrogens with zero attached hydrogens (tertiary/aromatic N) is 1. The van der Waals surface area contributed by atoms with E-state index in [1.54, 1.807) is 6.08 Å². The average molecular weight is 278 g/mol. The second-order valence-corrected chi connectivity index (χ2v) is 5.41. The number of benzene rings is 1. The molecule has 1 saturated heterocycles. The van der Waals surface area contributed by atoms with Gasteiger partial charge in [0.2, 0.25) is 5.91 Å². The topological polar surface area (TPSA) is 20.3 Å². The zero-order valence-corrected chi connectivity index (χ0v) is 12.1. The van der Waals surface area contributed by atoms with E-state index in [4.69, 9.17) is 11.6 Å². The lowest BCUT2D eigenvalue weighted by atomic mass is 10.00. The van der Waals surface area contributed by atoms with Crippen LogP contribution in [0.1, 0.15) is 38.2 Å². The van der Waals surface area contributed by atoms with Gasteiger partial charge in [-0.2, -0.15) is 0 Å². The smallest absolute Gasteiger partial charge is 0.246 e. The molecule has 2 rings (SSSR count). The quantitative estimate of drug-likeness (QED) is 0.760. The van der Waals surface area contributed by atoms with Crippen LogP contribution in [0.25, 0.3) is 6.08 Å². The van der Waals surface area contributed by atoms with Gasteiger partial charge >= 0.3 is 0 Å². The van der Waals surface area contributed by atoms with Crippen molar-refractivity contribution in [3.8, 4) is 0 Å². The summed E-state index contributed by atoms with van der Waals surface area (Å²) in [6.45, 7) is 3.04. The molecular formula is C16H20ClNO. The SMILES string of the molecule is CCC1CCCCN1C(=O)C=Cc1cccc(Cl)c1. The summed E-state index contributed by atoms with van der Waals surface area (Å²) >= 11 is 5.93. The van der Waals surface area contributed by atoms with Crippen LogP contribution in [-0.4, -0.2) is 23.4 Å². The molecule has 1 aromatic rings. The van der Waals surface area contributed by atoms with Gasteiger partial charge in [0.25, 0.3) is 0 Å². The van der Waals surface area contributed by atoms with Gasteiger partial charge in [-0.15, -0.1) is 0 Å². The maximum Gasteiger partial charge on any atom is 0.246 e. The number of hydrogen-bond donors (Lipinski definition) is 0. The molecule has 1 heterocycles. The third-order valence-corrected chi connectivity index (χ3v) is 3.88. The number of carbonyl (C=O) groups excluding carboxylic acids is 1. The lowest BCUT2D eigenvalue weighted by Gasteiger charge is -2.34. The number of carbonyl (C=O) groups is 1. The molecule has 0 N–H and O–H groups in total. The molecule has 1 unspecified atom stereocenters. The lowest BCUT2D eigenvalue weighted by molar-refractivity contribution is -0.129. The molecule has 0 radical (unpaired) electrons. The summed E-state index contributed by atoms with van der Waals surface area (Å²) in [4.78, 5) is 14.2. The summed E-state index contributed by atoms with van der Waals surface area (Å²) in [5, 5.41) is 0.694. The third-order valence-electron chi connectivity index (χ3n) is 3.65. The van der Waals surface area contributed by atoms with Gasteiger partial charge in [0.15, 0.2) is 0 Å². The van der Waals surface area contributed by atoms with E-state index in [0.717, 1.165) is 31.4 Å². The highest BCUT2D eigenvalue weighted by Crippen LogP contribution is 2.20. The van der Waals surface area contributed by atoms with E-state index in [1.807, 2.05) is 35.2 Å². The van der Waals surface area contributed by atoms with Crippen molar-refractivity contribution in [1.29, 1.82) is 0 Å². The van der Waals surface area contributed by atoms with Crippen LogP contribution in [-0.2, 0) is 4.79 Å². The van der Waals surface area contributed by atoms with Crippen LogP contribution in [0.5, 0.6) is 0 Å². The molecule has 0 aliphatic carbocycles. The van der Waals surface area contributed by atoms with Crippen molar-refractivity contribution >= 4 is 23.6 Å². The summed E-state index contributed by atoms with van der Waals surface area (Å²) in [7, 11) is 0. The fourth-order valence-corrected chi connectivity index (χ4v) is 2.79. The summed E-state index contributed by atoms with van der Waals surface area (Å²) in [5.41, 5.74) is 0.964. The van der Waals surface area contributed by atoms with E-state index in [0.29, 0.717) is 11.1 Å². The van der Waals surface area contributed by atoms with Gasteiger partial charge < -0.3 is 4.90 Å². The number of hydrogen-bond acceptors (Lipinski definition) is 1. The molecule has 102 valence electrons. The Labute approximate surface area is 120 Å². The molecule has 1 aliphatic heterocycles. The average Bonchev–Trinajstić information content (AvgIpc) is 2.45. The van der Waals surface area contributed by atoms with E-state index >= 15 is 0 Å². The van der Waals surface area contributed by atoms with Crippen LogP contribution < -0.4 is 0 Å². The monoisotopic (exact) mass is 277 g/mol. The normalized spacial score (nSPS) is 19.9. The first kappa shape index (κ1) is 14.1. The van der Waals surface area contributed by atoms with Gasteiger partial charge in [-0.05, 0) is 49.5 Å². The van der Waals surface area contributed by atoms with Gasteiger partial charge in [0.05, 0.1) is 0 Å². The molecule has 0 spiro atoms. The lowest BCUT2D eigenvalue weighted by Crippen LogP contribution is -2.42. The Bertz CT molecular complexity index is 470. The van der Waals surface area contributed by atoms with Gasteiger partial charge in [-0.25, -0.2) is 0 Å². The largest absolute Gasteiger partial charge is 0.336 e. The number of halogens is 1. The fourth-order valence-electron chi connectivity index (χ4n) is 2.59. The van der Waals surface area contributed by atoms with E-state index in [-0.39, 0.29) is 5.91 Å². The molecule has 1 amide bonds. The molecule has 1 atom stereocenters. The van der Waals surface area contributed by atoms with Crippen LogP contribution in [0.3, 0.4) is 0 Å². The third kappa shape index (κ3) is 3.84. The van der Waals surface area contributed by atoms with E-state index in [9.17, 15) is 4.79 Å². The van der Waals surface area contributed by atoms with Crippen LogP contribution >= 0.6 is 11.6 Å². The highest BCUT2D eigenvalue weighted by molar-refractivity contribution is 6.30. The van der Waals surface area contributed by atoms with Crippen LogP contribution in [0.15, 0.2) is 30.3 Å². The van der Waals surface area contributed by atoms with E-state index in [1.165, 1.54) is 6.42 Å². The van der Waals surface area contributed by atoms with Crippen LogP contribution in [0.2, 0.25) is 5.02 Å². The minimum Gasteiger partial charge on any atom is -0.336 e. The maximum absolute atomic E-state index is 12.2. The van der Waals surface area contributed by atoms with Crippen molar-refractivity contribution in [3.63, 3.8) is 0 Å². The predicted octanol–water partition coefficient (Wildman–Crippen LogP) is 4.14. The van der Waals surface area contributed by atoms with Gasteiger partial charge in [0.1, 0.15) is 0 Å². The summed E-state index contributed by atoms with van der Waals surface area (Å²) in [5.74, 6) is 0.117. The molecule has 19 heavy (non-hydrogen) atoms. The summed E-state index contributed by atoms with van der Waals surface area (Å²) in [6, 6.07) is 7.94. The molecule has 1 aromatic carbocycles. The first-order chi connectivity index (χ1) is 9.20. The van der Waals surface area contributed by atoms with Crippen molar-refractivity contribution in [1.82, 2.24) is 4.90 Å². The maximum atomic E-state index is 12.2. The standard InChI is InChI=1S/C16H20ClNO/c1-2-15-8-3-4-11-18(15)16(19)10-9-13-6-5-7-14(17)12-13/h5-7,9-10,12,15H,2-4,8,11H2,1H3. The molecule has 1 aliphatic rings. The predicted molar refractivity (Wildman–Crippen MR) is 80.1 cm³/mol. The minimum atomic E-state index is 0.117. The number of rotatable bonds is 3. The Morgan fingerprint density at radius 1 is 1.47 bits per heavy atom. The first-order valence-corrected chi connectivity index (χ1v) is 7.32. The summed E-state index contributed by atoms with van der Waals surface area (Å²) < 4.78 is 0. The van der Waals surface area contributed by atoms with Crippen molar-refractivity contribution in [2.45, 2.75) is 38.6 Å². The first-order valence-electron chi connectivity index (χ1n) is 6.95. The van der Waals surface area contributed by atoms with Gasteiger partial charge in [-0.1, -0.05) is 30.7 Å². The highest BCUT2D eigenvalue weighted by atomic mass is 35.5. The fraction of sp³-hybridized carbons (Fsp3) is 0.438. The number of likely N-dealkylation sites (tertiary alicyclic amines) is 1. The minimum absolute atomic E-state index is 0.117. The van der Waals surface area contributed by atoms with Crippen molar-refractivity contribution in [2.24, 2.45) is 0 Å². The zero-order chi connectivity index (χ0) is 13.7. The Morgan fingerprint density at radius 2 is 2.32 bits per heavy atom. The van der Waals surface area contributed by atoms with Crippen molar-refractivity contribution in [2.75, 3.05) is 6.54 Å². The Kier molecular flexibility index (Phi) is 5.03. The summed E-state index contributed by atoms with van der Waals surface area (Å²) in [6.07, 6.45) is 8.03. The Hall–Kier alpha value is -1.28. The van der Waals surface area contributed by atoms with E-state index in [2.05, 4.69) is 6.92 Å². The number of piperidine rings is 1. The number of amides is 1. The molecular weight excluding hydrogens is 258 g/mol. The van der Waals surface area contributed by atoms with Crippen molar-refractivity contribution < 1.29 is 4.79 Å². The van der Waals surface area contributed by atoms with Gasteiger partial charge in [0, 0.05) is 23.7 Å². The van der Waals surface area contributed by atoms with Crippen LogP contribution in [0.4, 0.5) is 0 Å². The molecule has 0 bridgehead atoms. The second-order valence-electron chi connectivity index (χ2n) is 4.98. The van der Waals surface area contributed by atoms with Crippen LogP contribution in [0, 0.1) is 0 Å². The Balaban J connectivity index is 2.03. The molecule has 0 saturated carbocycles. The van der Waals surface area contributed by atoms with Gasteiger partial charge in [-0.3, -0.25) is 4.79 Å². The molecule has 2 nitrogen and oxygen atoms in total. The molecule has 3 heteroatoms. The zero-order valence-electron chi connectivity index (χ0n) is 11.3.